The van der Waals surface area contributed by atoms with Gasteiger partial charge in [0.05, 0.1) is 40.8 Å². The predicted molar refractivity (Wildman–Crippen MR) is 137 cm³/mol. The normalized spacial score (nSPS) is 11.1. The highest BCUT2D eigenvalue weighted by Crippen LogP contribution is 2.32. The molecular weight excluding hydrogens is 500 g/mol. The van der Waals surface area contributed by atoms with Gasteiger partial charge >= 0.3 is 23.6 Å². The van der Waals surface area contributed by atoms with E-state index in [4.69, 9.17) is 18.9 Å². The Balaban J connectivity index is 4.51. The molecule has 14 heteroatoms. The average Bonchev–Trinajstić information content (AvgIpc) is 2.83. The Kier molecular flexibility index (Phi) is 12.3. The molecular formula is C24H38N6O8. The zero-order valence-electron chi connectivity index (χ0n) is 23.8. The van der Waals surface area contributed by atoms with Gasteiger partial charge < -0.3 is 38.8 Å². The second-order valence-corrected chi connectivity index (χ2v) is 8.15. The number of esters is 3. The minimum absolute atomic E-state index is 0.111. The topological polar surface area (TPSA) is 151 Å². The Morgan fingerprint density at radius 3 is 1.34 bits per heavy atom. The van der Waals surface area contributed by atoms with Crippen LogP contribution in [0.3, 0.4) is 0 Å². The molecule has 0 aliphatic carbocycles. The Labute approximate surface area is 223 Å². The molecule has 38 heavy (non-hydrogen) atoms. The van der Waals surface area contributed by atoms with Gasteiger partial charge in [-0.25, -0.2) is 14.4 Å². The average molecular weight is 539 g/mol. The lowest BCUT2D eigenvalue weighted by Crippen LogP contribution is -2.48. The summed E-state index contributed by atoms with van der Waals surface area (Å²) < 4.78 is 20.4. The molecule has 0 saturated heterocycles. The molecule has 0 bridgehead atoms. The fourth-order valence-corrected chi connectivity index (χ4v) is 3.19. The highest BCUT2D eigenvalue weighted by Gasteiger charge is 2.42. The Morgan fingerprint density at radius 1 is 0.658 bits per heavy atom. The zero-order valence-corrected chi connectivity index (χ0v) is 23.8. The van der Waals surface area contributed by atoms with E-state index in [1.807, 2.05) is 0 Å². The number of hydrogen-bond acceptors (Lipinski definition) is 13. The zero-order chi connectivity index (χ0) is 29.2. The van der Waals surface area contributed by atoms with Crippen molar-refractivity contribution in [2.24, 2.45) is 0 Å². The molecule has 1 aromatic rings. The van der Waals surface area contributed by atoms with Crippen LogP contribution in [0.5, 0.6) is 0 Å². The summed E-state index contributed by atoms with van der Waals surface area (Å²) in [6, 6.07) is 0. The van der Waals surface area contributed by atoms with Gasteiger partial charge in [0, 0.05) is 42.3 Å². The summed E-state index contributed by atoms with van der Waals surface area (Å²) in [5, 5.41) is 22.2. The first-order valence-corrected chi connectivity index (χ1v) is 12.0. The first kappa shape index (κ1) is 31.9. The Hall–Kier alpha value is -4.10. The second kappa shape index (κ2) is 14.6. The molecule has 1 rings (SSSR count). The maximum atomic E-state index is 13.2. The van der Waals surface area contributed by atoms with Crippen LogP contribution in [0.2, 0.25) is 0 Å². The van der Waals surface area contributed by atoms with Crippen LogP contribution in [-0.2, 0) is 33.3 Å². The molecule has 14 nitrogen and oxygen atoms in total. The third-order valence-electron chi connectivity index (χ3n) is 4.69. The number of carbonyl (C=O) groups is 3. The molecule has 0 spiro atoms. The van der Waals surface area contributed by atoms with E-state index >= 15 is 0 Å². The SMILES string of the molecule is CCOC(=O)C(C(=O)OCC)=C(/C(C(=O)OCC)=C(\[O-])OCC)[n+]1nc(N(C)C)c(N(C)C)c(N(C)C)n1. The standard InChI is InChI=1S/C24H38N6O8/c1-11-35-21(31)15(22(32)36-12-2)17(16(23(33)37-13-3)24(34)38-14-4)30-25-19(28(7)8)18(27(5)6)20(26-30)29(9)10/h11-14H2,1-10H3. The lowest BCUT2D eigenvalue weighted by Gasteiger charge is -2.24. The van der Waals surface area contributed by atoms with Crippen LogP contribution in [0.1, 0.15) is 27.7 Å². The summed E-state index contributed by atoms with van der Waals surface area (Å²) in [6.07, 6.45) is 0. The summed E-state index contributed by atoms with van der Waals surface area (Å²) >= 11 is 0. The molecule has 0 radical (unpaired) electrons. The number of anilines is 3. The lowest BCUT2D eigenvalue weighted by molar-refractivity contribution is -0.702. The molecule has 212 valence electrons. The molecule has 0 unspecified atom stereocenters. The third kappa shape index (κ3) is 7.46. The van der Waals surface area contributed by atoms with Gasteiger partial charge in [-0.3, -0.25) is 0 Å². The lowest BCUT2D eigenvalue weighted by atomic mass is 10.1. The van der Waals surface area contributed by atoms with E-state index in [0.29, 0.717) is 17.3 Å². The Morgan fingerprint density at radius 2 is 1.03 bits per heavy atom. The van der Waals surface area contributed by atoms with E-state index < -0.39 is 40.7 Å². The van der Waals surface area contributed by atoms with Crippen molar-refractivity contribution < 1.29 is 43.2 Å². The smallest absolute Gasteiger partial charge is 0.352 e. The first-order valence-electron chi connectivity index (χ1n) is 12.0. The van der Waals surface area contributed by atoms with Crippen molar-refractivity contribution in [1.29, 1.82) is 0 Å². The number of ether oxygens (including phenoxy) is 4. The van der Waals surface area contributed by atoms with Crippen molar-refractivity contribution in [3.63, 3.8) is 0 Å². The van der Waals surface area contributed by atoms with Gasteiger partial charge in [-0.15, -0.1) is 0 Å². The third-order valence-corrected chi connectivity index (χ3v) is 4.69. The van der Waals surface area contributed by atoms with Crippen LogP contribution in [0.25, 0.3) is 5.70 Å². The van der Waals surface area contributed by atoms with Gasteiger partial charge in [0.15, 0.2) is 5.57 Å². The van der Waals surface area contributed by atoms with Crippen molar-refractivity contribution in [2.45, 2.75) is 27.7 Å². The quantitative estimate of drug-likeness (QED) is 0.0463. The molecule has 0 fully saturated rings. The van der Waals surface area contributed by atoms with Gasteiger partial charge in [-0.1, -0.05) is 6.92 Å². The maximum absolute atomic E-state index is 13.2. The first-order chi connectivity index (χ1) is 17.9. The number of aromatic nitrogens is 3. The fraction of sp³-hybridized carbons (Fsp3) is 0.583. The van der Waals surface area contributed by atoms with Crippen molar-refractivity contribution in [2.75, 3.05) is 83.4 Å². The number of carbonyl (C=O) groups excluding carboxylic acids is 3. The molecule has 1 heterocycles. The number of nitrogens with zero attached hydrogens (tertiary/aromatic N) is 6. The van der Waals surface area contributed by atoms with E-state index in [1.54, 1.807) is 57.0 Å². The molecule has 0 saturated carbocycles. The molecule has 0 N–H and O–H groups in total. The van der Waals surface area contributed by atoms with Crippen molar-refractivity contribution in [3.8, 4) is 0 Å². The van der Waals surface area contributed by atoms with Gasteiger partial charge in [0.2, 0.25) is 17.2 Å². The molecule has 0 aromatic carbocycles. The van der Waals surface area contributed by atoms with Gasteiger partial charge in [0.1, 0.15) is 5.69 Å². The van der Waals surface area contributed by atoms with Crippen LogP contribution < -0.4 is 24.6 Å². The molecule has 0 atom stereocenters. The van der Waals surface area contributed by atoms with Crippen LogP contribution in [-0.4, -0.2) is 96.8 Å². The largest absolute Gasteiger partial charge is 0.613 e. The van der Waals surface area contributed by atoms with Gasteiger partial charge in [-0.2, -0.15) is 0 Å². The summed E-state index contributed by atoms with van der Waals surface area (Å²) in [5.74, 6) is -3.94. The minimum Gasteiger partial charge on any atom is -0.613 e. The van der Waals surface area contributed by atoms with E-state index in [-0.39, 0.29) is 26.4 Å². The summed E-state index contributed by atoms with van der Waals surface area (Å²) in [7, 11) is 10.5. The van der Waals surface area contributed by atoms with Crippen LogP contribution >= 0.6 is 0 Å². The highest BCUT2D eigenvalue weighted by molar-refractivity contribution is 6.21. The molecule has 0 amide bonds. The van der Waals surface area contributed by atoms with Crippen LogP contribution in [0.4, 0.5) is 17.3 Å². The van der Waals surface area contributed by atoms with Crippen molar-refractivity contribution >= 4 is 40.9 Å². The van der Waals surface area contributed by atoms with Crippen LogP contribution in [0, 0.1) is 0 Å². The maximum Gasteiger partial charge on any atom is 0.352 e. The summed E-state index contributed by atoms with van der Waals surface area (Å²) in [5.41, 5.74) is -1.57. The monoisotopic (exact) mass is 538 g/mol. The summed E-state index contributed by atoms with van der Waals surface area (Å²) in [4.78, 5) is 45.4. The fourth-order valence-electron chi connectivity index (χ4n) is 3.19. The second-order valence-electron chi connectivity index (χ2n) is 8.15. The Bertz CT molecular complexity index is 1030. The van der Waals surface area contributed by atoms with Gasteiger partial charge in [0.25, 0.3) is 0 Å². The molecule has 1 aromatic heterocycles. The molecule has 0 aliphatic rings. The molecule has 0 aliphatic heterocycles. The van der Waals surface area contributed by atoms with E-state index in [0.717, 1.165) is 4.80 Å². The highest BCUT2D eigenvalue weighted by atomic mass is 16.6. The van der Waals surface area contributed by atoms with Crippen molar-refractivity contribution in [3.05, 3.63) is 17.1 Å². The van der Waals surface area contributed by atoms with E-state index in [2.05, 4.69) is 10.2 Å². The summed E-state index contributed by atoms with van der Waals surface area (Å²) in [6.45, 7) is 5.69. The predicted octanol–water partition coefficient (Wildman–Crippen LogP) is -0.529. The van der Waals surface area contributed by atoms with Crippen LogP contribution in [0.15, 0.2) is 17.1 Å². The van der Waals surface area contributed by atoms with Crippen molar-refractivity contribution in [1.82, 2.24) is 10.2 Å². The van der Waals surface area contributed by atoms with Gasteiger partial charge in [-0.05, 0) is 27.4 Å². The minimum atomic E-state index is -1.15. The van der Waals surface area contributed by atoms with E-state index in [9.17, 15) is 19.5 Å². The van der Waals surface area contributed by atoms with E-state index in [1.165, 1.54) is 27.7 Å². The number of rotatable bonds is 13. The number of hydrogen-bond donors (Lipinski definition) is 0.